The molecule has 4 amide bonds. The van der Waals surface area contributed by atoms with Crippen LogP contribution in [-0.2, 0) is 23.6 Å². The molecule has 2 aromatic rings. The van der Waals surface area contributed by atoms with Gasteiger partial charge < -0.3 is 34.6 Å². The van der Waals surface area contributed by atoms with Crippen LogP contribution in [0.5, 0.6) is 0 Å². The Morgan fingerprint density at radius 3 is 2.00 bits per heavy atom. The number of aromatic nitrogens is 2. The highest BCUT2D eigenvalue weighted by molar-refractivity contribution is 6.04. The van der Waals surface area contributed by atoms with E-state index in [4.69, 9.17) is 9.47 Å². The largest absolute Gasteiger partial charge is 0.444 e. The van der Waals surface area contributed by atoms with Gasteiger partial charge in [-0.2, -0.15) is 0 Å². The van der Waals surface area contributed by atoms with Crippen molar-refractivity contribution in [2.45, 2.75) is 52.7 Å². The fraction of sp³-hybridized carbons (Fsp3) is 0.480. The first kappa shape index (κ1) is 32.3. The summed E-state index contributed by atoms with van der Waals surface area (Å²) in [5.74, 6) is -1.29. The minimum Gasteiger partial charge on any atom is -0.444 e. The predicted octanol–water partition coefficient (Wildman–Crippen LogP) is 2.66. The number of nitrogens with zero attached hydrogens (tertiary/aromatic N) is 4. The van der Waals surface area contributed by atoms with Gasteiger partial charge in [-0.05, 0) is 47.6 Å². The van der Waals surface area contributed by atoms with Gasteiger partial charge in [0.1, 0.15) is 22.6 Å². The molecule has 0 aromatic carbocycles. The lowest BCUT2D eigenvalue weighted by molar-refractivity contribution is -0.384. The monoisotopic (exact) mass is 576 g/mol. The summed E-state index contributed by atoms with van der Waals surface area (Å²) in [6, 6.07) is 2.59. The number of aryl methyl sites for hydroxylation is 2. The second-order valence-electron chi connectivity index (χ2n) is 10.9. The maximum atomic E-state index is 12.7. The Kier molecular flexibility index (Phi) is 10.2. The van der Waals surface area contributed by atoms with Crippen LogP contribution in [0, 0.1) is 10.1 Å². The number of guanidine groups is 1. The van der Waals surface area contributed by atoms with Crippen LogP contribution in [0.1, 0.15) is 62.5 Å². The first-order valence-corrected chi connectivity index (χ1v) is 12.5. The third kappa shape index (κ3) is 10.7. The standard InChI is InChI=1S/C25H36N8O8/c1-24(2,3)40-22(36)29-21(30-23(37)41-25(4,5)6)27-10-9-26-19(34)17-11-15(13-31(17)7)28-20(35)18-12-16(33(38)39)14-32(18)8/h11-14H,9-10H2,1-8H3,(H,26,34)(H,28,35)(H2,27,29,30,36,37). The van der Waals surface area contributed by atoms with Crippen molar-refractivity contribution >= 4 is 41.3 Å². The fourth-order valence-electron chi connectivity index (χ4n) is 3.26. The van der Waals surface area contributed by atoms with E-state index in [1.165, 1.54) is 34.6 Å². The Morgan fingerprint density at radius 2 is 1.44 bits per heavy atom. The van der Waals surface area contributed by atoms with Crippen LogP contribution in [0.4, 0.5) is 21.0 Å². The lowest BCUT2D eigenvalue weighted by Gasteiger charge is -2.21. The Bertz CT molecular complexity index is 1340. The van der Waals surface area contributed by atoms with E-state index in [0.717, 1.165) is 6.07 Å². The lowest BCUT2D eigenvalue weighted by Crippen LogP contribution is -2.46. The van der Waals surface area contributed by atoms with Crippen LogP contribution >= 0.6 is 0 Å². The second kappa shape index (κ2) is 13.0. The molecule has 16 heteroatoms. The van der Waals surface area contributed by atoms with Crippen molar-refractivity contribution in [3.05, 3.63) is 46.0 Å². The van der Waals surface area contributed by atoms with Crippen molar-refractivity contribution in [1.29, 1.82) is 0 Å². The number of carbonyl (C=O) groups is 4. The van der Waals surface area contributed by atoms with Gasteiger partial charge in [-0.3, -0.25) is 25.0 Å². The number of alkyl carbamates (subject to hydrolysis) is 1. The number of nitro groups is 1. The van der Waals surface area contributed by atoms with Crippen LogP contribution < -0.4 is 21.3 Å². The molecule has 0 radical (unpaired) electrons. The van der Waals surface area contributed by atoms with E-state index < -0.39 is 40.1 Å². The molecule has 224 valence electrons. The Balaban J connectivity index is 2.00. The molecule has 16 nitrogen and oxygen atoms in total. The van der Waals surface area contributed by atoms with E-state index >= 15 is 0 Å². The molecule has 0 aliphatic rings. The Hall–Kier alpha value is -4.89. The zero-order valence-corrected chi connectivity index (χ0v) is 24.3. The summed E-state index contributed by atoms with van der Waals surface area (Å²) in [7, 11) is 3.11. The second-order valence-corrected chi connectivity index (χ2v) is 10.9. The van der Waals surface area contributed by atoms with Gasteiger partial charge in [-0.15, -0.1) is 4.99 Å². The maximum absolute atomic E-state index is 12.7. The first-order valence-electron chi connectivity index (χ1n) is 12.5. The normalized spacial score (nSPS) is 11.9. The van der Waals surface area contributed by atoms with E-state index in [-0.39, 0.29) is 36.1 Å². The molecule has 0 saturated heterocycles. The van der Waals surface area contributed by atoms with Crippen molar-refractivity contribution < 1.29 is 33.6 Å². The summed E-state index contributed by atoms with van der Waals surface area (Å²) >= 11 is 0. The Morgan fingerprint density at radius 1 is 0.878 bits per heavy atom. The van der Waals surface area contributed by atoms with Crippen LogP contribution in [0.2, 0.25) is 0 Å². The molecule has 0 unspecified atom stereocenters. The van der Waals surface area contributed by atoms with Gasteiger partial charge >= 0.3 is 12.2 Å². The van der Waals surface area contributed by atoms with Gasteiger partial charge in [-0.25, -0.2) is 9.59 Å². The Labute approximate surface area is 236 Å². The summed E-state index contributed by atoms with van der Waals surface area (Å²) in [6.07, 6.45) is 0.946. The molecule has 0 aliphatic carbocycles. The van der Waals surface area contributed by atoms with Crippen molar-refractivity contribution in [2.24, 2.45) is 19.1 Å². The van der Waals surface area contributed by atoms with Crippen LogP contribution in [0.25, 0.3) is 0 Å². The number of hydrogen-bond donors (Lipinski definition) is 4. The highest BCUT2D eigenvalue weighted by Crippen LogP contribution is 2.18. The average Bonchev–Trinajstić information content (AvgIpc) is 3.36. The zero-order valence-electron chi connectivity index (χ0n) is 24.3. The van der Waals surface area contributed by atoms with Crippen LogP contribution in [0.3, 0.4) is 0 Å². The van der Waals surface area contributed by atoms with E-state index in [1.54, 1.807) is 48.6 Å². The smallest absolute Gasteiger partial charge is 0.437 e. The van der Waals surface area contributed by atoms with Crippen LogP contribution in [0.15, 0.2) is 29.5 Å². The van der Waals surface area contributed by atoms with Crippen molar-refractivity contribution in [1.82, 2.24) is 25.1 Å². The molecule has 2 heterocycles. The maximum Gasteiger partial charge on any atom is 0.437 e. The molecule has 4 N–H and O–H groups in total. The summed E-state index contributed by atoms with van der Waals surface area (Å²) in [5.41, 5.74) is -1.23. The molecule has 0 atom stereocenters. The predicted molar refractivity (Wildman–Crippen MR) is 149 cm³/mol. The first-order chi connectivity index (χ1) is 18.8. The molecule has 0 spiro atoms. The molecule has 0 saturated carbocycles. The zero-order chi connectivity index (χ0) is 31.1. The third-order valence-corrected chi connectivity index (χ3v) is 4.85. The highest BCUT2D eigenvalue weighted by atomic mass is 16.6. The van der Waals surface area contributed by atoms with E-state index in [9.17, 15) is 29.3 Å². The number of rotatable bonds is 7. The van der Waals surface area contributed by atoms with Gasteiger partial charge in [0.2, 0.25) is 5.96 Å². The topological polar surface area (TPSA) is 200 Å². The summed E-state index contributed by atoms with van der Waals surface area (Å²) in [5, 5.41) is 21.3. The van der Waals surface area contributed by atoms with Crippen molar-refractivity contribution in [2.75, 3.05) is 18.4 Å². The SMILES string of the molecule is Cn1cc(NC(=O)c2cc([N+](=O)[O-])cn2C)cc1C(=O)NCCN/C(=N/C(=O)OC(C)(C)C)NC(=O)OC(C)(C)C. The van der Waals surface area contributed by atoms with Gasteiger partial charge in [0, 0.05) is 39.4 Å². The molecular formula is C25H36N8O8. The quantitative estimate of drug-likeness (QED) is 0.126. The van der Waals surface area contributed by atoms with Crippen molar-refractivity contribution in [3.63, 3.8) is 0 Å². The molecule has 2 aromatic heterocycles. The van der Waals surface area contributed by atoms with E-state index in [1.807, 2.05) is 0 Å². The van der Waals surface area contributed by atoms with E-state index in [2.05, 4.69) is 26.3 Å². The number of ether oxygens (including phenoxy) is 2. The fourth-order valence-corrected chi connectivity index (χ4v) is 3.26. The number of anilines is 1. The summed E-state index contributed by atoms with van der Waals surface area (Å²) in [4.78, 5) is 63.7. The molecule has 41 heavy (non-hydrogen) atoms. The minimum absolute atomic E-state index is 0.0576. The number of aliphatic imine (C=N–C) groups is 1. The highest BCUT2D eigenvalue weighted by Gasteiger charge is 2.21. The number of hydrogen-bond acceptors (Lipinski definition) is 8. The van der Waals surface area contributed by atoms with Gasteiger partial charge in [-0.1, -0.05) is 0 Å². The molecular weight excluding hydrogens is 540 g/mol. The summed E-state index contributed by atoms with van der Waals surface area (Å²) in [6.45, 7) is 10.1. The van der Waals surface area contributed by atoms with Gasteiger partial charge in [0.25, 0.3) is 17.5 Å². The average molecular weight is 577 g/mol. The summed E-state index contributed by atoms with van der Waals surface area (Å²) < 4.78 is 13.2. The van der Waals surface area contributed by atoms with Crippen molar-refractivity contribution in [3.8, 4) is 0 Å². The third-order valence-electron chi connectivity index (χ3n) is 4.85. The molecule has 0 bridgehead atoms. The number of carbonyl (C=O) groups excluding carboxylic acids is 4. The minimum atomic E-state index is -0.941. The van der Waals surface area contributed by atoms with Crippen LogP contribution in [-0.4, -0.2) is 68.3 Å². The molecule has 0 fully saturated rings. The number of nitrogens with one attached hydrogen (secondary N) is 4. The molecule has 0 aliphatic heterocycles. The molecule has 2 rings (SSSR count). The van der Waals surface area contributed by atoms with Gasteiger partial charge in [0.15, 0.2) is 0 Å². The number of amides is 4. The van der Waals surface area contributed by atoms with E-state index in [0.29, 0.717) is 5.69 Å². The lowest BCUT2D eigenvalue weighted by atomic mass is 10.2. The van der Waals surface area contributed by atoms with Gasteiger partial charge in [0.05, 0.1) is 16.8 Å².